The van der Waals surface area contributed by atoms with Gasteiger partial charge < -0.3 is 10.7 Å². The lowest BCUT2D eigenvalue weighted by Crippen LogP contribution is -2.11. The van der Waals surface area contributed by atoms with Crippen molar-refractivity contribution in [3.05, 3.63) is 46.5 Å². The zero-order valence-electron chi connectivity index (χ0n) is 9.75. The standard InChI is InChI=1S/C14H11ClN2O/c1-7-11(15)6-5-9-8-3-2-4-10(14(16)18)13(8)17-12(7)9/h2-6,17H,1H3,(H2,16,18). The molecule has 3 aromatic rings. The third-order valence-electron chi connectivity index (χ3n) is 3.27. The maximum atomic E-state index is 11.4. The van der Waals surface area contributed by atoms with Crippen LogP contribution in [0.4, 0.5) is 0 Å². The number of primary amides is 1. The van der Waals surface area contributed by atoms with Gasteiger partial charge in [-0.3, -0.25) is 4.79 Å². The van der Waals surface area contributed by atoms with Crippen molar-refractivity contribution in [2.75, 3.05) is 0 Å². The lowest BCUT2D eigenvalue weighted by Gasteiger charge is -1.98. The number of benzene rings is 2. The molecule has 3 nitrogen and oxygen atoms in total. The van der Waals surface area contributed by atoms with Crippen LogP contribution in [-0.2, 0) is 0 Å². The number of aromatic amines is 1. The largest absolute Gasteiger partial charge is 0.366 e. The number of hydrogen-bond donors (Lipinski definition) is 2. The van der Waals surface area contributed by atoms with Crippen LogP contribution in [0.5, 0.6) is 0 Å². The zero-order valence-corrected chi connectivity index (χ0v) is 10.5. The average molecular weight is 259 g/mol. The van der Waals surface area contributed by atoms with E-state index in [2.05, 4.69) is 4.98 Å². The number of fused-ring (bicyclic) bond motifs is 3. The normalized spacial score (nSPS) is 11.2. The topological polar surface area (TPSA) is 58.9 Å². The van der Waals surface area contributed by atoms with Crippen molar-refractivity contribution in [2.45, 2.75) is 6.92 Å². The number of carbonyl (C=O) groups excluding carboxylic acids is 1. The van der Waals surface area contributed by atoms with E-state index in [4.69, 9.17) is 17.3 Å². The van der Waals surface area contributed by atoms with Gasteiger partial charge >= 0.3 is 0 Å². The Morgan fingerprint density at radius 2 is 1.89 bits per heavy atom. The van der Waals surface area contributed by atoms with Crippen LogP contribution in [-0.4, -0.2) is 10.9 Å². The second kappa shape index (κ2) is 3.75. The van der Waals surface area contributed by atoms with Crippen molar-refractivity contribution < 1.29 is 4.79 Å². The molecule has 3 N–H and O–H groups in total. The van der Waals surface area contributed by atoms with E-state index >= 15 is 0 Å². The minimum absolute atomic E-state index is 0.434. The first-order chi connectivity index (χ1) is 8.59. The van der Waals surface area contributed by atoms with E-state index in [9.17, 15) is 4.79 Å². The van der Waals surface area contributed by atoms with Crippen LogP contribution in [0.2, 0.25) is 5.02 Å². The van der Waals surface area contributed by atoms with Crippen LogP contribution in [0, 0.1) is 6.92 Å². The first-order valence-electron chi connectivity index (χ1n) is 5.59. The molecule has 0 saturated heterocycles. The van der Waals surface area contributed by atoms with Gasteiger partial charge in [-0.15, -0.1) is 0 Å². The fraction of sp³-hybridized carbons (Fsp3) is 0.0714. The summed E-state index contributed by atoms with van der Waals surface area (Å²) in [5.74, 6) is -0.434. The molecule has 2 aromatic carbocycles. The van der Waals surface area contributed by atoms with Crippen molar-refractivity contribution in [3.63, 3.8) is 0 Å². The highest BCUT2D eigenvalue weighted by Crippen LogP contribution is 2.32. The fourth-order valence-electron chi connectivity index (χ4n) is 2.31. The summed E-state index contributed by atoms with van der Waals surface area (Å²) in [4.78, 5) is 14.7. The highest BCUT2D eigenvalue weighted by atomic mass is 35.5. The number of rotatable bonds is 1. The number of amides is 1. The Morgan fingerprint density at radius 3 is 2.61 bits per heavy atom. The average Bonchev–Trinajstić information content (AvgIpc) is 2.72. The quantitative estimate of drug-likeness (QED) is 0.691. The molecule has 0 radical (unpaired) electrons. The Balaban J connectivity index is 2.54. The molecular formula is C14H11ClN2O. The molecule has 0 saturated carbocycles. The van der Waals surface area contributed by atoms with Gasteiger partial charge in [0.05, 0.1) is 16.6 Å². The number of halogens is 1. The number of nitrogens with two attached hydrogens (primary N) is 1. The minimum atomic E-state index is -0.434. The molecule has 0 atom stereocenters. The third-order valence-corrected chi connectivity index (χ3v) is 3.68. The van der Waals surface area contributed by atoms with Gasteiger partial charge in [0.2, 0.25) is 0 Å². The molecule has 1 aromatic heterocycles. The summed E-state index contributed by atoms with van der Waals surface area (Å²) in [7, 11) is 0. The smallest absolute Gasteiger partial charge is 0.250 e. The highest BCUT2D eigenvalue weighted by molar-refractivity contribution is 6.32. The van der Waals surface area contributed by atoms with Gasteiger partial charge in [0, 0.05) is 15.8 Å². The van der Waals surface area contributed by atoms with E-state index in [1.165, 1.54) is 0 Å². The van der Waals surface area contributed by atoms with Crippen molar-refractivity contribution in [1.82, 2.24) is 4.98 Å². The molecule has 0 unspecified atom stereocenters. The van der Waals surface area contributed by atoms with Crippen LogP contribution < -0.4 is 5.73 Å². The summed E-state index contributed by atoms with van der Waals surface area (Å²) in [6.07, 6.45) is 0. The van der Waals surface area contributed by atoms with Gasteiger partial charge in [-0.05, 0) is 24.6 Å². The summed E-state index contributed by atoms with van der Waals surface area (Å²) < 4.78 is 0. The lowest BCUT2D eigenvalue weighted by molar-refractivity contribution is 0.100. The number of nitrogens with one attached hydrogen (secondary N) is 1. The summed E-state index contributed by atoms with van der Waals surface area (Å²) in [6.45, 7) is 1.95. The molecule has 18 heavy (non-hydrogen) atoms. The van der Waals surface area contributed by atoms with Gasteiger partial charge in [-0.1, -0.05) is 29.8 Å². The molecule has 90 valence electrons. The molecule has 3 rings (SSSR count). The van der Waals surface area contributed by atoms with Crippen LogP contribution in [0.3, 0.4) is 0 Å². The summed E-state index contributed by atoms with van der Waals surface area (Å²) in [5.41, 5.74) is 8.58. The molecule has 0 spiro atoms. The number of aromatic nitrogens is 1. The van der Waals surface area contributed by atoms with Crippen molar-refractivity contribution in [3.8, 4) is 0 Å². The summed E-state index contributed by atoms with van der Waals surface area (Å²) in [6, 6.07) is 9.34. The van der Waals surface area contributed by atoms with Crippen molar-refractivity contribution in [2.24, 2.45) is 5.73 Å². The third kappa shape index (κ3) is 1.41. The summed E-state index contributed by atoms with van der Waals surface area (Å²) >= 11 is 6.11. The van der Waals surface area contributed by atoms with E-state index in [-0.39, 0.29) is 0 Å². The molecule has 1 amide bonds. The number of hydrogen-bond acceptors (Lipinski definition) is 1. The van der Waals surface area contributed by atoms with E-state index in [1.807, 2.05) is 31.2 Å². The Kier molecular flexibility index (Phi) is 2.31. The van der Waals surface area contributed by atoms with Crippen LogP contribution in [0.25, 0.3) is 21.8 Å². The predicted molar refractivity (Wildman–Crippen MR) is 74.1 cm³/mol. The van der Waals surface area contributed by atoms with E-state index in [0.717, 1.165) is 27.4 Å². The van der Waals surface area contributed by atoms with Gasteiger partial charge in [0.25, 0.3) is 5.91 Å². The predicted octanol–water partition coefficient (Wildman–Crippen LogP) is 3.38. The van der Waals surface area contributed by atoms with E-state index < -0.39 is 5.91 Å². The Hall–Kier alpha value is -2.00. The highest BCUT2D eigenvalue weighted by Gasteiger charge is 2.13. The number of H-pyrrole nitrogens is 1. The molecule has 0 fully saturated rings. The fourth-order valence-corrected chi connectivity index (χ4v) is 2.47. The zero-order chi connectivity index (χ0) is 12.9. The second-order valence-electron chi connectivity index (χ2n) is 4.31. The Bertz CT molecular complexity index is 789. The van der Waals surface area contributed by atoms with Gasteiger partial charge in [-0.25, -0.2) is 0 Å². The Labute approximate surface area is 109 Å². The molecule has 0 aliphatic heterocycles. The molecule has 0 aliphatic rings. The second-order valence-corrected chi connectivity index (χ2v) is 4.72. The molecule has 0 aliphatic carbocycles. The summed E-state index contributed by atoms with van der Waals surface area (Å²) in [5, 5.41) is 2.74. The lowest BCUT2D eigenvalue weighted by atomic mass is 10.1. The van der Waals surface area contributed by atoms with Gasteiger partial charge in [-0.2, -0.15) is 0 Å². The van der Waals surface area contributed by atoms with Gasteiger partial charge in [0.15, 0.2) is 0 Å². The molecule has 1 heterocycles. The molecular weight excluding hydrogens is 248 g/mol. The SMILES string of the molecule is Cc1c(Cl)ccc2c1[nH]c1c(C(N)=O)cccc12. The van der Waals surface area contributed by atoms with Crippen molar-refractivity contribution in [1.29, 1.82) is 0 Å². The van der Waals surface area contributed by atoms with Crippen LogP contribution in [0.1, 0.15) is 15.9 Å². The van der Waals surface area contributed by atoms with Crippen molar-refractivity contribution >= 4 is 39.3 Å². The molecule has 4 heteroatoms. The first kappa shape index (κ1) is 11.1. The van der Waals surface area contributed by atoms with Crippen LogP contribution >= 0.6 is 11.6 Å². The van der Waals surface area contributed by atoms with E-state index in [1.54, 1.807) is 6.07 Å². The maximum Gasteiger partial charge on any atom is 0.250 e. The molecule has 0 bridgehead atoms. The maximum absolute atomic E-state index is 11.4. The number of carbonyl (C=O) groups is 1. The number of aryl methyl sites for hydroxylation is 1. The minimum Gasteiger partial charge on any atom is -0.366 e. The first-order valence-corrected chi connectivity index (χ1v) is 5.96. The monoisotopic (exact) mass is 258 g/mol. The number of para-hydroxylation sites is 1. The van der Waals surface area contributed by atoms with E-state index in [0.29, 0.717) is 10.6 Å². The van der Waals surface area contributed by atoms with Crippen LogP contribution in [0.15, 0.2) is 30.3 Å². The Morgan fingerprint density at radius 1 is 1.17 bits per heavy atom. The van der Waals surface area contributed by atoms with Gasteiger partial charge in [0.1, 0.15) is 0 Å².